The van der Waals surface area contributed by atoms with Gasteiger partial charge >= 0.3 is 12.1 Å². The number of urea groups is 2. The molecule has 1 aromatic rings. The van der Waals surface area contributed by atoms with Crippen LogP contribution in [0.15, 0.2) is 23.2 Å². The van der Waals surface area contributed by atoms with Crippen molar-refractivity contribution in [3.05, 3.63) is 29.3 Å². The summed E-state index contributed by atoms with van der Waals surface area (Å²) in [5.41, 5.74) is 0.873. The zero-order valence-corrected chi connectivity index (χ0v) is 44.9. The lowest BCUT2D eigenvalue weighted by molar-refractivity contribution is -0.122. The van der Waals surface area contributed by atoms with Gasteiger partial charge in [-0.15, -0.1) is 0 Å². The standard InChI is InChI=1S/C49H79N9O12S3/c1-36-40(56-48(63)55-36)33-72-29-6-2-3-11-43(59)50-13-7-17-65-21-25-69-26-22-66-18-8-14-52-46(61)37-30-38(32-39(31-37)54-35-71)47(62)53-15-9-19-67-23-27-70-28-24-68-20-16-51-44(60)12-5-4-10-42-45-41(34-73-42)57-49(64)58-45/h30-32,36,40-42,45H,2-29,33-34H2,1H3,(H,50,59)(H,51,60)(H,52,61)(H,53,62)(H2,55,56,63)(H2,57,58,64). The highest BCUT2D eigenvalue weighted by atomic mass is 32.2. The van der Waals surface area contributed by atoms with Crippen LogP contribution < -0.4 is 42.5 Å². The molecule has 3 fully saturated rings. The molecule has 410 valence electrons. The Labute approximate surface area is 444 Å². The van der Waals surface area contributed by atoms with Crippen molar-refractivity contribution >= 4 is 82.3 Å². The first-order valence-electron chi connectivity index (χ1n) is 25.8. The second kappa shape index (κ2) is 38.5. The van der Waals surface area contributed by atoms with Gasteiger partial charge in [0.05, 0.1) is 88.4 Å². The molecule has 4 rings (SSSR count). The average Bonchev–Trinajstić information content (AvgIpc) is 4.05. The molecule has 3 aliphatic heterocycles. The maximum Gasteiger partial charge on any atom is 0.315 e. The minimum absolute atomic E-state index is 0.0123. The number of hydrogen-bond donors (Lipinski definition) is 8. The molecule has 73 heavy (non-hydrogen) atoms. The maximum absolute atomic E-state index is 13.0. The van der Waals surface area contributed by atoms with Crippen molar-refractivity contribution in [2.75, 3.05) is 123 Å². The van der Waals surface area contributed by atoms with Crippen molar-refractivity contribution in [2.24, 2.45) is 4.99 Å². The molecule has 3 heterocycles. The molecule has 0 radical (unpaired) electrons. The lowest BCUT2D eigenvalue weighted by Crippen LogP contribution is -2.36. The summed E-state index contributed by atoms with van der Waals surface area (Å²) < 4.78 is 33.5. The number of aliphatic imine (C=N–C) groups is 1. The lowest BCUT2D eigenvalue weighted by atomic mass is 10.0. The molecular weight excluding hydrogens is 1000 g/mol. The maximum atomic E-state index is 13.0. The number of nitrogens with one attached hydrogen (secondary N) is 8. The van der Waals surface area contributed by atoms with E-state index in [1.807, 2.05) is 30.4 Å². The monoisotopic (exact) mass is 1080 g/mol. The third kappa shape index (κ3) is 27.3. The Kier molecular flexibility index (Phi) is 32.4. The highest BCUT2D eigenvalue weighted by Gasteiger charge is 2.42. The van der Waals surface area contributed by atoms with Gasteiger partial charge in [0, 0.05) is 92.8 Å². The number of thiocarbonyl (C=S) groups is 1. The van der Waals surface area contributed by atoms with Crippen LogP contribution in [-0.2, 0) is 38.0 Å². The fourth-order valence-electron chi connectivity index (χ4n) is 7.85. The summed E-state index contributed by atoms with van der Waals surface area (Å²) >= 11 is 8.47. The van der Waals surface area contributed by atoms with Gasteiger partial charge in [-0.2, -0.15) is 28.5 Å². The predicted molar refractivity (Wildman–Crippen MR) is 285 cm³/mol. The van der Waals surface area contributed by atoms with Crippen LogP contribution in [0.1, 0.15) is 98.3 Å². The molecule has 21 nitrogen and oxygen atoms in total. The van der Waals surface area contributed by atoms with Gasteiger partial charge < -0.3 is 71.0 Å². The molecule has 3 saturated heterocycles. The largest absolute Gasteiger partial charge is 0.379 e. The smallest absolute Gasteiger partial charge is 0.315 e. The number of rotatable bonds is 43. The molecule has 1 aromatic carbocycles. The summed E-state index contributed by atoms with van der Waals surface area (Å²) in [5, 5.41) is 25.9. The lowest BCUT2D eigenvalue weighted by Gasteiger charge is -2.16. The van der Waals surface area contributed by atoms with E-state index in [0.29, 0.717) is 142 Å². The molecule has 0 aromatic heterocycles. The minimum atomic E-state index is -0.361. The molecule has 8 amide bonds. The van der Waals surface area contributed by atoms with E-state index in [1.54, 1.807) is 12.1 Å². The van der Waals surface area contributed by atoms with Crippen LogP contribution in [0, 0.1) is 0 Å². The molecule has 8 N–H and O–H groups in total. The summed E-state index contributed by atoms with van der Waals surface area (Å²) in [6.45, 7) is 8.81. The molecule has 5 unspecified atom stereocenters. The van der Waals surface area contributed by atoms with Crippen LogP contribution in [0.4, 0.5) is 15.3 Å². The Bertz CT molecular complexity index is 1870. The van der Waals surface area contributed by atoms with Crippen LogP contribution >= 0.6 is 35.7 Å². The van der Waals surface area contributed by atoms with E-state index in [9.17, 15) is 28.8 Å². The number of thioether (sulfide) groups is 2. The van der Waals surface area contributed by atoms with Crippen molar-refractivity contribution in [3.8, 4) is 0 Å². The Balaban J connectivity index is 0.880. The van der Waals surface area contributed by atoms with E-state index < -0.39 is 0 Å². The molecule has 0 saturated carbocycles. The van der Waals surface area contributed by atoms with Gasteiger partial charge in [0.1, 0.15) is 0 Å². The second-order valence-corrected chi connectivity index (χ2v) is 20.3. The predicted octanol–water partition coefficient (Wildman–Crippen LogP) is 3.47. The number of amides is 8. The molecule has 5 atom stereocenters. The number of carbonyl (C=O) groups excluding carboxylic acids is 6. The van der Waals surface area contributed by atoms with Crippen molar-refractivity contribution < 1.29 is 57.2 Å². The van der Waals surface area contributed by atoms with Crippen LogP contribution in [0.2, 0.25) is 0 Å². The van der Waals surface area contributed by atoms with Crippen LogP contribution in [0.25, 0.3) is 0 Å². The van der Waals surface area contributed by atoms with Gasteiger partial charge in [-0.25, -0.2) is 9.59 Å². The van der Waals surface area contributed by atoms with Crippen molar-refractivity contribution in [1.82, 2.24) is 42.5 Å². The number of benzene rings is 1. The second-order valence-electron chi connectivity index (χ2n) is 17.7. The quantitative estimate of drug-likeness (QED) is 0.0202. The minimum Gasteiger partial charge on any atom is -0.379 e. The molecule has 24 heteroatoms. The van der Waals surface area contributed by atoms with Gasteiger partial charge in [-0.1, -0.05) is 12.8 Å². The van der Waals surface area contributed by atoms with Gasteiger partial charge in [0.25, 0.3) is 11.8 Å². The van der Waals surface area contributed by atoms with Gasteiger partial charge in [0.15, 0.2) is 0 Å². The Hall–Kier alpha value is -4.10. The van der Waals surface area contributed by atoms with E-state index >= 15 is 0 Å². The fraction of sp³-hybridized carbons (Fsp3) is 0.735. The zero-order valence-electron chi connectivity index (χ0n) is 42.4. The van der Waals surface area contributed by atoms with Crippen molar-refractivity contribution in [3.63, 3.8) is 0 Å². The summed E-state index contributed by atoms with van der Waals surface area (Å²) in [5.74, 6) is 2.21. The van der Waals surface area contributed by atoms with E-state index in [2.05, 4.69) is 52.7 Å². The van der Waals surface area contributed by atoms with E-state index in [0.717, 1.165) is 62.2 Å². The number of fused-ring (bicyclic) bond motifs is 1. The van der Waals surface area contributed by atoms with Crippen LogP contribution in [0.3, 0.4) is 0 Å². The summed E-state index contributed by atoms with van der Waals surface area (Å²) in [7, 11) is 0. The first-order chi connectivity index (χ1) is 35.6. The van der Waals surface area contributed by atoms with Crippen molar-refractivity contribution in [2.45, 2.75) is 107 Å². The zero-order chi connectivity index (χ0) is 52.1. The highest BCUT2D eigenvalue weighted by molar-refractivity contribution is 8.00. The fourth-order valence-corrected chi connectivity index (χ4v) is 10.7. The SMILES string of the molecule is CC1NC(=O)NC1CSCCCCCC(=O)NCCCOCCOCCOCCCNC(=O)c1cc(N=C=S)cc(C(=O)NCCCOCCOCCOCCNC(=O)CCCCC2SCC3NC(=O)NC32)c1. The normalized spacial score (nSPS) is 18.7. The molecule has 3 aliphatic rings. The van der Waals surface area contributed by atoms with Gasteiger partial charge in [0.2, 0.25) is 11.8 Å². The molecule has 0 aliphatic carbocycles. The van der Waals surface area contributed by atoms with Crippen LogP contribution in [-0.4, -0.2) is 193 Å². The third-order valence-electron chi connectivity index (χ3n) is 11.8. The van der Waals surface area contributed by atoms with Gasteiger partial charge in [-0.05, 0) is 88.0 Å². The number of nitrogens with zero attached hydrogens (tertiary/aromatic N) is 1. The van der Waals surface area contributed by atoms with E-state index in [4.69, 9.17) is 40.6 Å². The molecule has 0 spiro atoms. The summed E-state index contributed by atoms with van der Waals surface area (Å²) in [4.78, 5) is 77.0. The van der Waals surface area contributed by atoms with E-state index in [1.165, 1.54) is 6.07 Å². The highest BCUT2D eigenvalue weighted by Crippen LogP contribution is 2.33. The Morgan fingerprint density at radius 2 is 1.15 bits per heavy atom. The van der Waals surface area contributed by atoms with E-state index in [-0.39, 0.29) is 71.0 Å². The number of hydrogen-bond acceptors (Lipinski definition) is 16. The van der Waals surface area contributed by atoms with Crippen molar-refractivity contribution in [1.29, 1.82) is 0 Å². The summed E-state index contributed by atoms with van der Waals surface area (Å²) in [6.07, 6.45) is 8.54. The molecule has 0 bridgehead atoms. The van der Waals surface area contributed by atoms with Crippen LogP contribution in [0.5, 0.6) is 0 Å². The summed E-state index contributed by atoms with van der Waals surface area (Å²) in [6, 6.07) is 5.18. The third-order valence-corrected chi connectivity index (χ3v) is 14.6. The number of unbranched alkanes of at least 4 members (excludes halogenated alkanes) is 3. The molecular formula is C49H79N9O12S3. The first-order valence-corrected chi connectivity index (χ1v) is 28.4. The number of ether oxygens (including phenoxy) is 6. The number of carbonyl (C=O) groups is 6. The Morgan fingerprint density at radius 3 is 1.71 bits per heavy atom. The average molecular weight is 1080 g/mol. The number of isothiocyanates is 1. The Morgan fingerprint density at radius 1 is 0.630 bits per heavy atom. The first kappa shape index (κ1) is 61.4. The topological polar surface area (TPSA) is 266 Å². The van der Waals surface area contributed by atoms with Gasteiger partial charge in [-0.3, -0.25) is 19.2 Å².